The molecule has 1 aliphatic rings. The topological polar surface area (TPSA) is 84.0 Å². The molecule has 0 aromatic heterocycles. The van der Waals surface area contributed by atoms with Gasteiger partial charge in [-0.2, -0.15) is 25.9 Å². The van der Waals surface area contributed by atoms with Crippen molar-refractivity contribution < 1.29 is 38.6 Å². The fourth-order valence-electron chi connectivity index (χ4n) is 3.51. The Morgan fingerprint density at radius 1 is 1.15 bits per heavy atom. The number of para-hydroxylation sites is 1. The summed E-state index contributed by atoms with van der Waals surface area (Å²) in [6.45, 7) is 2.09. The molecule has 13 heteroatoms. The van der Waals surface area contributed by atoms with Crippen molar-refractivity contribution in [3.05, 3.63) is 48.3 Å². The average molecular weight is 511 g/mol. The number of anilines is 2. The molecule has 0 amide bonds. The maximum absolute atomic E-state index is 14.8. The van der Waals surface area contributed by atoms with Crippen LogP contribution in [-0.4, -0.2) is 46.3 Å². The molecular weight excluding hydrogens is 488 g/mol. The van der Waals surface area contributed by atoms with E-state index >= 15 is 0 Å². The molecule has 2 aromatic carbocycles. The maximum atomic E-state index is 14.8. The summed E-state index contributed by atoms with van der Waals surface area (Å²) in [5.41, 5.74) is -5.42. The van der Waals surface area contributed by atoms with Crippen LogP contribution in [0.4, 0.5) is 28.9 Å². The summed E-state index contributed by atoms with van der Waals surface area (Å²) in [5, 5.41) is 0. The number of unbranched alkanes of at least 4 members (excludes halogenated alkanes) is 1. The third kappa shape index (κ3) is 4.94. The predicted octanol–water partition coefficient (Wildman–Crippen LogP) is 4.39. The molecule has 182 valence electrons. The van der Waals surface area contributed by atoms with Crippen LogP contribution in [0.15, 0.2) is 47.4 Å². The lowest BCUT2D eigenvalue weighted by atomic mass is 10.1. The van der Waals surface area contributed by atoms with Crippen LogP contribution in [0.2, 0.25) is 0 Å². The van der Waals surface area contributed by atoms with E-state index in [0.717, 1.165) is 10.7 Å². The van der Waals surface area contributed by atoms with Crippen LogP contribution >= 0.6 is 0 Å². The molecule has 1 heterocycles. The smallest absolute Gasteiger partial charge is 0.373 e. The van der Waals surface area contributed by atoms with E-state index in [1.807, 2.05) is 6.92 Å². The molecule has 7 nitrogen and oxygen atoms in total. The van der Waals surface area contributed by atoms with Crippen molar-refractivity contribution in [1.82, 2.24) is 4.31 Å². The quantitative estimate of drug-likeness (QED) is 0.326. The molecule has 0 saturated heterocycles. The number of alkyl halides is 3. The van der Waals surface area contributed by atoms with Crippen LogP contribution < -0.4 is 9.08 Å². The average Bonchev–Trinajstić information content (AvgIpc) is 2.81. The Kier molecular flexibility index (Phi) is 6.97. The number of likely N-dealkylation sites (N-methyl/N-ethyl adjacent to an activating group) is 1. The van der Waals surface area contributed by atoms with Crippen LogP contribution in [0.3, 0.4) is 0 Å². The van der Waals surface area contributed by atoms with Gasteiger partial charge in [0.1, 0.15) is 4.90 Å². The van der Waals surface area contributed by atoms with Crippen molar-refractivity contribution >= 4 is 31.5 Å². The number of fused-ring (bicyclic) bond motifs is 1. The molecule has 0 aliphatic carbocycles. The minimum atomic E-state index is -6.21. The molecular formula is C20H22F4N2O5S2. The first kappa shape index (κ1) is 25.2. The van der Waals surface area contributed by atoms with E-state index in [2.05, 4.69) is 4.18 Å². The van der Waals surface area contributed by atoms with Crippen molar-refractivity contribution in [2.45, 2.75) is 42.6 Å². The lowest BCUT2D eigenvalue weighted by Gasteiger charge is -2.29. The molecule has 3 rings (SSSR count). The molecule has 0 bridgehead atoms. The van der Waals surface area contributed by atoms with E-state index in [9.17, 15) is 34.4 Å². The number of hydrogen-bond donors (Lipinski definition) is 0. The van der Waals surface area contributed by atoms with E-state index < -0.39 is 48.2 Å². The van der Waals surface area contributed by atoms with Gasteiger partial charge in [0.25, 0.3) is 0 Å². The lowest BCUT2D eigenvalue weighted by Crippen LogP contribution is -2.40. The molecule has 0 saturated carbocycles. The maximum Gasteiger partial charge on any atom is 0.534 e. The number of hydrogen-bond acceptors (Lipinski definition) is 6. The highest BCUT2D eigenvalue weighted by Crippen LogP contribution is 2.41. The zero-order valence-electron chi connectivity index (χ0n) is 17.7. The SMILES string of the molecule is CCCCC1CN(c2ccccc2)c2cc(F)c(OS(=O)(=O)C(F)(F)F)cc2S(=O)(=O)N1C. The van der Waals surface area contributed by atoms with Crippen molar-refractivity contribution in [3.8, 4) is 5.75 Å². The van der Waals surface area contributed by atoms with Gasteiger partial charge in [-0.05, 0) is 18.6 Å². The third-order valence-electron chi connectivity index (χ3n) is 5.31. The van der Waals surface area contributed by atoms with Gasteiger partial charge in [-0.15, -0.1) is 0 Å². The molecule has 1 unspecified atom stereocenters. The van der Waals surface area contributed by atoms with E-state index in [-0.39, 0.29) is 12.2 Å². The number of benzene rings is 2. The summed E-state index contributed by atoms with van der Waals surface area (Å²) < 4.78 is 108. The fourth-order valence-corrected chi connectivity index (χ4v) is 5.53. The minimum absolute atomic E-state index is 0.138. The summed E-state index contributed by atoms with van der Waals surface area (Å²) >= 11 is 0. The van der Waals surface area contributed by atoms with Crippen molar-refractivity contribution in [1.29, 1.82) is 0 Å². The van der Waals surface area contributed by atoms with Gasteiger partial charge in [0.05, 0.1) is 5.69 Å². The van der Waals surface area contributed by atoms with Gasteiger partial charge in [0, 0.05) is 37.5 Å². The molecule has 1 aliphatic heterocycles. The number of nitrogens with zero attached hydrogens (tertiary/aromatic N) is 2. The van der Waals surface area contributed by atoms with Crippen molar-refractivity contribution in [2.24, 2.45) is 0 Å². The summed E-state index contributed by atoms with van der Waals surface area (Å²) in [4.78, 5) is 0.976. The highest BCUT2D eigenvalue weighted by Gasteiger charge is 2.49. The highest BCUT2D eigenvalue weighted by molar-refractivity contribution is 7.89. The lowest BCUT2D eigenvalue weighted by molar-refractivity contribution is -0.0501. The fraction of sp³-hybridized carbons (Fsp3) is 0.400. The van der Waals surface area contributed by atoms with E-state index in [1.54, 1.807) is 35.2 Å². The first-order valence-electron chi connectivity index (χ1n) is 9.94. The summed E-state index contributed by atoms with van der Waals surface area (Å²) in [6.07, 6.45) is 1.98. The second-order valence-corrected chi connectivity index (χ2v) is 11.0. The monoisotopic (exact) mass is 510 g/mol. The normalized spacial score (nSPS) is 19.1. The van der Waals surface area contributed by atoms with Gasteiger partial charge in [0.15, 0.2) is 11.6 Å². The first-order chi connectivity index (χ1) is 15.3. The standard InChI is InChI=1S/C20H22F4N2O5S2/c1-3-4-8-15-13-26(14-9-6-5-7-10-14)17-11-16(21)18(31-33(29,30)20(22,23)24)12-19(17)32(27,28)25(15)2/h5-7,9-12,15H,3-4,8,13H2,1-2H3. The van der Waals surface area contributed by atoms with Crippen LogP contribution in [0.25, 0.3) is 0 Å². The second-order valence-electron chi connectivity index (χ2n) is 7.50. The molecule has 0 radical (unpaired) electrons. The van der Waals surface area contributed by atoms with Crippen molar-refractivity contribution in [2.75, 3.05) is 18.5 Å². The molecule has 1 atom stereocenters. The number of halogens is 4. The van der Waals surface area contributed by atoms with Gasteiger partial charge >= 0.3 is 15.6 Å². The Morgan fingerprint density at radius 3 is 2.36 bits per heavy atom. The van der Waals surface area contributed by atoms with Gasteiger partial charge < -0.3 is 9.08 Å². The van der Waals surface area contributed by atoms with Gasteiger partial charge in [-0.1, -0.05) is 38.0 Å². The predicted molar refractivity (Wildman–Crippen MR) is 114 cm³/mol. The minimum Gasteiger partial charge on any atom is -0.373 e. The molecule has 0 fully saturated rings. The Labute approximate surface area is 189 Å². The number of rotatable bonds is 6. The molecule has 0 N–H and O–H groups in total. The van der Waals surface area contributed by atoms with E-state index in [1.165, 1.54) is 7.05 Å². The Morgan fingerprint density at radius 2 is 1.79 bits per heavy atom. The van der Waals surface area contributed by atoms with Crippen LogP contribution in [0.5, 0.6) is 5.75 Å². The van der Waals surface area contributed by atoms with Crippen molar-refractivity contribution in [3.63, 3.8) is 0 Å². The first-order valence-corrected chi connectivity index (χ1v) is 12.8. The summed E-state index contributed by atoms with van der Waals surface area (Å²) in [5.74, 6) is -2.81. The van der Waals surface area contributed by atoms with E-state index in [4.69, 9.17) is 0 Å². The summed E-state index contributed by atoms with van der Waals surface area (Å²) in [7, 11) is -9.23. The second kappa shape index (κ2) is 9.11. The summed E-state index contributed by atoms with van der Waals surface area (Å²) in [6, 6.07) is 9.11. The largest absolute Gasteiger partial charge is 0.534 e. The molecule has 0 spiro atoms. The molecule has 33 heavy (non-hydrogen) atoms. The highest BCUT2D eigenvalue weighted by atomic mass is 32.2. The number of sulfonamides is 1. The van der Waals surface area contributed by atoms with Gasteiger partial charge in [-0.25, -0.2) is 12.8 Å². The third-order valence-corrected chi connectivity index (χ3v) is 8.22. The van der Waals surface area contributed by atoms with E-state index in [0.29, 0.717) is 30.7 Å². The van der Waals surface area contributed by atoms with Crippen LogP contribution in [0, 0.1) is 5.82 Å². The van der Waals surface area contributed by atoms with Gasteiger partial charge in [0.2, 0.25) is 10.0 Å². The Balaban J connectivity index is 2.22. The zero-order chi connectivity index (χ0) is 24.6. The Hall–Kier alpha value is -2.38. The molecule has 2 aromatic rings. The Bertz CT molecular complexity index is 1220. The van der Waals surface area contributed by atoms with Gasteiger partial charge in [-0.3, -0.25) is 0 Å². The van der Waals surface area contributed by atoms with Crippen LogP contribution in [-0.2, 0) is 20.1 Å². The van der Waals surface area contributed by atoms with Crippen LogP contribution in [0.1, 0.15) is 26.2 Å². The zero-order valence-corrected chi connectivity index (χ0v) is 19.3.